The lowest BCUT2D eigenvalue weighted by molar-refractivity contribution is -0.140. The van der Waals surface area contributed by atoms with Gasteiger partial charge < -0.3 is 19.9 Å². The Hall–Kier alpha value is -2.16. The van der Waals surface area contributed by atoms with E-state index in [2.05, 4.69) is 10.3 Å². The van der Waals surface area contributed by atoms with E-state index in [1.54, 1.807) is 27.9 Å². The van der Waals surface area contributed by atoms with Crippen LogP contribution in [0.2, 0.25) is 0 Å². The molecule has 1 aliphatic carbocycles. The fourth-order valence-electron chi connectivity index (χ4n) is 4.00. The van der Waals surface area contributed by atoms with Crippen LogP contribution in [-0.4, -0.2) is 64.8 Å². The molecule has 2 N–H and O–H groups in total. The van der Waals surface area contributed by atoms with Crippen LogP contribution >= 0.6 is 0 Å². The van der Waals surface area contributed by atoms with Gasteiger partial charge in [0.05, 0.1) is 12.3 Å². The van der Waals surface area contributed by atoms with Crippen molar-refractivity contribution >= 4 is 23.9 Å². The van der Waals surface area contributed by atoms with Gasteiger partial charge in [-0.1, -0.05) is 13.8 Å². The van der Waals surface area contributed by atoms with Gasteiger partial charge in [0.2, 0.25) is 11.9 Å². The minimum absolute atomic E-state index is 0.140. The molecule has 0 aromatic heterocycles. The Morgan fingerprint density at radius 1 is 1.33 bits per heavy atom. The molecule has 2 amide bonds. The summed E-state index contributed by atoms with van der Waals surface area (Å²) < 4.78 is 10.5. The smallest absolute Gasteiger partial charge is 0.437 e. The lowest BCUT2D eigenvalue weighted by Crippen LogP contribution is -2.65. The van der Waals surface area contributed by atoms with Crippen molar-refractivity contribution in [2.24, 2.45) is 16.8 Å². The third-order valence-corrected chi connectivity index (χ3v) is 5.91. The molecule has 1 aliphatic heterocycles. The minimum atomic E-state index is -0.873. The lowest BCUT2D eigenvalue weighted by atomic mass is 9.86. The molecule has 170 valence electrons. The molecule has 0 bridgehead atoms. The largest absolute Gasteiger partial charge is 0.481 e. The SMILES string of the molecule is CCC1(CC)CC(=O)N(C(CCOC)C2CC2C(=O)O)C(=NC(=O)OC(C)(C)C)N1. The van der Waals surface area contributed by atoms with E-state index in [1.165, 1.54) is 4.90 Å². The van der Waals surface area contributed by atoms with E-state index >= 15 is 0 Å². The van der Waals surface area contributed by atoms with Crippen LogP contribution in [0, 0.1) is 11.8 Å². The number of amides is 2. The van der Waals surface area contributed by atoms with E-state index in [0.717, 1.165) is 0 Å². The standard InChI is InChI=1S/C21H35N3O6/c1-7-21(8-2)12-16(25)24(18(23-21)22-19(28)30-20(3,4)5)15(9-10-29-6)13-11-14(13)17(26)27/h13-15H,7-12H2,1-6H3,(H,26,27)(H,22,23,28). The van der Waals surface area contributed by atoms with Crippen molar-refractivity contribution in [3.05, 3.63) is 0 Å². The number of aliphatic imine (C=N–C) groups is 1. The van der Waals surface area contributed by atoms with Crippen LogP contribution in [0.25, 0.3) is 0 Å². The molecule has 9 nitrogen and oxygen atoms in total. The molecule has 0 aromatic rings. The zero-order chi connectivity index (χ0) is 22.7. The lowest BCUT2D eigenvalue weighted by Gasteiger charge is -2.45. The van der Waals surface area contributed by atoms with Crippen LogP contribution < -0.4 is 5.32 Å². The molecule has 0 spiro atoms. The molecule has 3 unspecified atom stereocenters. The third-order valence-electron chi connectivity index (χ3n) is 5.91. The maximum absolute atomic E-state index is 13.3. The Bertz CT molecular complexity index is 695. The minimum Gasteiger partial charge on any atom is -0.481 e. The molecule has 1 heterocycles. The highest BCUT2D eigenvalue weighted by molar-refractivity contribution is 6.04. The van der Waals surface area contributed by atoms with Crippen molar-refractivity contribution in [1.29, 1.82) is 0 Å². The van der Waals surface area contributed by atoms with Crippen molar-refractivity contribution in [2.75, 3.05) is 13.7 Å². The Morgan fingerprint density at radius 3 is 2.43 bits per heavy atom. The van der Waals surface area contributed by atoms with Gasteiger partial charge in [-0.05, 0) is 52.4 Å². The van der Waals surface area contributed by atoms with Gasteiger partial charge in [-0.25, -0.2) is 4.79 Å². The number of carboxylic acids is 1. The second-order valence-corrected chi connectivity index (χ2v) is 9.16. The molecule has 1 saturated heterocycles. The molecule has 30 heavy (non-hydrogen) atoms. The molecule has 0 radical (unpaired) electrons. The summed E-state index contributed by atoms with van der Waals surface area (Å²) in [7, 11) is 1.56. The summed E-state index contributed by atoms with van der Waals surface area (Å²) in [6.07, 6.45) is 1.76. The van der Waals surface area contributed by atoms with Gasteiger partial charge >= 0.3 is 12.1 Å². The molecule has 3 atom stereocenters. The fraction of sp³-hybridized carbons (Fsp3) is 0.810. The number of ether oxygens (including phenoxy) is 2. The molecule has 2 aliphatic rings. The highest BCUT2D eigenvalue weighted by Crippen LogP contribution is 2.45. The number of rotatable bonds is 8. The van der Waals surface area contributed by atoms with E-state index < -0.39 is 35.2 Å². The van der Waals surface area contributed by atoms with Crippen molar-refractivity contribution < 1.29 is 29.0 Å². The molecule has 0 aromatic carbocycles. The first kappa shape index (κ1) is 24.1. The third kappa shape index (κ3) is 5.71. The maximum atomic E-state index is 13.3. The average Bonchev–Trinajstić information content (AvgIpc) is 3.42. The van der Waals surface area contributed by atoms with Crippen LogP contribution in [0.15, 0.2) is 4.99 Å². The number of hydrogen-bond acceptors (Lipinski definition) is 5. The van der Waals surface area contributed by atoms with E-state index in [-0.39, 0.29) is 24.2 Å². The van der Waals surface area contributed by atoms with Crippen LogP contribution in [-0.2, 0) is 19.1 Å². The topological polar surface area (TPSA) is 118 Å². The number of guanidine groups is 1. The van der Waals surface area contributed by atoms with Crippen LogP contribution in [0.3, 0.4) is 0 Å². The molecule has 1 saturated carbocycles. The highest BCUT2D eigenvalue weighted by atomic mass is 16.6. The number of nitrogens with zero attached hydrogens (tertiary/aromatic N) is 2. The van der Waals surface area contributed by atoms with Gasteiger partial charge in [0.25, 0.3) is 0 Å². The fourth-order valence-corrected chi connectivity index (χ4v) is 4.00. The first-order valence-corrected chi connectivity index (χ1v) is 10.6. The summed E-state index contributed by atoms with van der Waals surface area (Å²) in [5.74, 6) is -1.62. The van der Waals surface area contributed by atoms with Gasteiger partial charge in [0, 0.05) is 25.3 Å². The summed E-state index contributed by atoms with van der Waals surface area (Å²) >= 11 is 0. The quantitative estimate of drug-likeness (QED) is 0.614. The normalized spacial score (nSPS) is 25.6. The Balaban J connectivity index is 2.41. The van der Waals surface area contributed by atoms with E-state index in [9.17, 15) is 19.5 Å². The number of hydrogen-bond donors (Lipinski definition) is 2. The van der Waals surface area contributed by atoms with Crippen LogP contribution in [0.1, 0.15) is 66.7 Å². The maximum Gasteiger partial charge on any atom is 0.437 e. The predicted molar refractivity (Wildman–Crippen MR) is 111 cm³/mol. The zero-order valence-corrected chi connectivity index (χ0v) is 18.9. The van der Waals surface area contributed by atoms with Gasteiger partial charge in [0.15, 0.2) is 0 Å². The Labute approximate surface area is 178 Å². The van der Waals surface area contributed by atoms with E-state index in [1.807, 2.05) is 13.8 Å². The number of carbonyl (C=O) groups is 3. The Morgan fingerprint density at radius 2 is 1.97 bits per heavy atom. The zero-order valence-electron chi connectivity index (χ0n) is 18.9. The van der Waals surface area contributed by atoms with Crippen LogP contribution in [0.4, 0.5) is 4.79 Å². The van der Waals surface area contributed by atoms with Gasteiger partial charge in [0.1, 0.15) is 5.60 Å². The second-order valence-electron chi connectivity index (χ2n) is 9.16. The van der Waals surface area contributed by atoms with Crippen LogP contribution in [0.5, 0.6) is 0 Å². The number of nitrogens with one attached hydrogen (secondary N) is 1. The molecule has 9 heteroatoms. The number of carboxylic acid groups (broad SMARTS) is 1. The van der Waals surface area contributed by atoms with Gasteiger partial charge in [-0.2, -0.15) is 0 Å². The predicted octanol–water partition coefficient (Wildman–Crippen LogP) is 2.78. The molecular weight excluding hydrogens is 390 g/mol. The number of aliphatic carboxylic acids is 1. The second kappa shape index (κ2) is 9.32. The summed E-state index contributed by atoms with van der Waals surface area (Å²) in [5.41, 5.74) is -1.23. The number of methoxy groups -OCH3 is 1. The van der Waals surface area contributed by atoms with Crippen molar-refractivity contribution in [3.8, 4) is 0 Å². The van der Waals surface area contributed by atoms with E-state index in [0.29, 0.717) is 32.3 Å². The van der Waals surface area contributed by atoms with Crippen molar-refractivity contribution in [1.82, 2.24) is 10.2 Å². The van der Waals surface area contributed by atoms with Gasteiger partial charge in [-0.15, -0.1) is 4.99 Å². The van der Waals surface area contributed by atoms with Crippen molar-refractivity contribution in [3.63, 3.8) is 0 Å². The number of carbonyl (C=O) groups excluding carboxylic acids is 2. The summed E-state index contributed by atoms with van der Waals surface area (Å²) in [6.45, 7) is 9.56. The molecular formula is C21H35N3O6. The molecule has 2 fully saturated rings. The highest BCUT2D eigenvalue weighted by Gasteiger charge is 2.53. The first-order valence-electron chi connectivity index (χ1n) is 10.6. The van der Waals surface area contributed by atoms with E-state index in [4.69, 9.17) is 9.47 Å². The average molecular weight is 426 g/mol. The van der Waals surface area contributed by atoms with Gasteiger partial charge in [-0.3, -0.25) is 14.5 Å². The summed E-state index contributed by atoms with van der Waals surface area (Å²) in [5, 5.41) is 12.7. The monoisotopic (exact) mass is 425 g/mol. The summed E-state index contributed by atoms with van der Waals surface area (Å²) in [6, 6.07) is -0.418. The van der Waals surface area contributed by atoms with Crippen molar-refractivity contribution in [2.45, 2.75) is 83.9 Å². The summed E-state index contributed by atoms with van der Waals surface area (Å²) in [4.78, 5) is 42.8. The molecule has 2 rings (SSSR count). The first-order chi connectivity index (χ1) is 14.0. The Kier molecular flexibility index (Phi) is 7.49.